The second-order valence-electron chi connectivity index (χ2n) is 11.0. The molecule has 1 aromatic heterocycles. The molecule has 0 saturated carbocycles. The van der Waals surface area contributed by atoms with Gasteiger partial charge in [0.25, 0.3) is 5.91 Å². The Labute approximate surface area is 243 Å². The number of phenolic OH excluding ortho intramolecular Hbond substituents is 1. The number of nitrogens with one attached hydrogen (secondary N) is 2. The number of aliphatic hydroxyl groups is 1. The molecule has 0 spiro atoms. The first-order valence-electron chi connectivity index (χ1n) is 14.2. The summed E-state index contributed by atoms with van der Waals surface area (Å²) in [5.41, 5.74) is 13.9. The molecule has 8 N–H and O–H groups in total. The van der Waals surface area contributed by atoms with E-state index in [9.17, 15) is 15.0 Å². The summed E-state index contributed by atoms with van der Waals surface area (Å²) in [4.78, 5) is 31.0. The van der Waals surface area contributed by atoms with Gasteiger partial charge in [0.15, 0.2) is 0 Å². The summed E-state index contributed by atoms with van der Waals surface area (Å²) in [6.45, 7) is 2.35. The van der Waals surface area contributed by atoms with Gasteiger partial charge in [0, 0.05) is 55.0 Å². The first kappa shape index (κ1) is 27.6. The van der Waals surface area contributed by atoms with Crippen LogP contribution in [0.15, 0.2) is 60.7 Å². The van der Waals surface area contributed by atoms with E-state index in [0.29, 0.717) is 54.2 Å². The normalized spacial score (nSPS) is 20.9. The zero-order chi connectivity index (χ0) is 29.2. The molecule has 3 aromatic carbocycles. The number of nitrogens with two attached hydrogens (primary N) is 2. The third-order valence-electron chi connectivity index (χ3n) is 7.63. The van der Waals surface area contributed by atoms with Crippen LogP contribution in [0.2, 0.25) is 0 Å². The summed E-state index contributed by atoms with van der Waals surface area (Å²) >= 11 is 0. The maximum absolute atomic E-state index is 12.9. The van der Waals surface area contributed by atoms with Crippen LogP contribution in [0, 0.1) is 0 Å². The molecule has 0 aliphatic carbocycles. The number of anilines is 5. The van der Waals surface area contributed by atoms with Crippen molar-refractivity contribution < 1.29 is 15.0 Å². The Hall–Kier alpha value is -4.52. The molecule has 218 valence electrons. The van der Waals surface area contributed by atoms with Crippen molar-refractivity contribution in [3.05, 3.63) is 66.2 Å². The number of nitrogens with zero attached hydrogens (tertiary/aromatic N) is 5. The SMILES string of the molecule is N[C@@H]1C[C@H](N)CN(c2nc(Nc3ccc(NC(=O)c4ccc5ccccc5c4O)cc3)nc(N3CCCC(O)C3)n2)C1. The lowest BCUT2D eigenvalue weighted by Crippen LogP contribution is -2.53. The van der Waals surface area contributed by atoms with Gasteiger partial charge in [-0.1, -0.05) is 30.3 Å². The second kappa shape index (κ2) is 11.8. The minimum absolute atomic E-state index is 0.0535. The molecule has 2 saturated heterocycles. The molecule has 3 atom stereocenters. The summed E-state index contributed by atoms with van der Waals surface area (Å²) in [5.74, 6) is 0.843. The van der Waals surface area contributed by atoms with E-state index in [-0.39, 0.29) is 23.4 Å². The number of carbonyl (C=O) groups is 1. The van der Waals surface area contributed by atoms with Gasteiger partial charge in [-0.3, -0.25) is 4.79 Å². The first-order chi connectivity index (χ1) is 20.3. The van der Waals surface area contributed by atoms with Crippen molar-refractivity contribution in [2.75, 3.05) is 46.6 Å². The van der Waals surface area contributed by atoms with Gasteiger partial charge in [-0.25, -0.2) is 0 Å². The number of phenols is 1. The number of hydrogen-bond donors (Lipinski definition) is 6. The summed E-state index contributed by atoms with van der Waals surface area (Å²) in [5, 5.41) is 28.5. The van der Waals surface area contributed by atoms with Crippen molar-refractivity contribution >= 4 is 45.9 Å². The van der Waals surface area contributed by atoms with Crippen LogP contribution < -0.4 is 31.9 Å². The van der Waals surface area contributed by atoms with Crippen molar-refractivity contribution in [1.82, 2.24) is 15.0 Å². The number of aromatic nitrogens is 3. The molecular weight excluding hydrogens is 534 g/mol. The predicted octanol–water partition coefficient (Wildman–Crippen LogP) is 2.55. The molecule has 0 radical (unpaired) electrons. The summed E-state index contributed by atoms with van der Waals surface area (Å²) in [6, 6.07) is 17.7. The van der Waals surface area contributed by atoms with Crippen LogP contribution in [0.25, 0.3) is 10.8 Å². The van der Waals surface area contributed by atoms with Gasteiger partial charge < -0.3 is 42.1 Å². The quantitative estimate of drug-likeness (QED) is 0.201. The first-order valence-corrected chi connectivity index (χ1v) is 14.2. The fourth-order valence-corrected chi connectivity index (χ4v) is 5.57. The highest BCUT2D eigenvalue weighted by atomic mass is 16.3. The number of rotatable bonds is 6. The number of aromatic hydroxyl groups is 1. The predicted molar refractivity (Wildman–Crippen MR) is 163 cm³/mol. The average Bonchev–Trinajstić information content (AvgIpc) is 2.98. The molecule has 2 aliphatic rings. The Morgan fingerprint density at radius 2 is 1.55 bits per heavy atom. The van der Waals surface area contributed by atoms with Gasteiger partial charge >= 0.3 is 0 Å². The fraction of sp³-hybridized carbons (Fsp3) is 0.333. The lowest BCUT2D eigenvalue weighted by Gasteiger charge is -2.35. The standard InChI is InChI=1S/C30H35N9O3/c31-19-14-20(32)16-39(15-19)30-36-28(35-29(37-30)38-13-3-5-23(40)17-38)34-22-10-8-21(9-11-22)33-27(42)25-12-7-18-4-1-2-6-24(18)26(25)41/h1-2,4,6-12,19-20,23,40-41H,3,5,13-17,31-32H2,(H,33,42)(H,34,35,36,37)/t19-,20+,23?. The molecule has 2 aliphatic heterocycles. The van der Waals surface area contributed by atoms with Gasteiger partial charge in [0.1, 0.15) is 5.75 Å². The van der Waals surface area contributed by atoms with Gasteiger partial charge in [0.2, 0.25) is 17.8 Å². The maximum Gasteiger partial charge on any atom is 0.259 e. The highest BCUT2D eigenvalue weighted by Gasteiger charge is 2.27. The number of carbonyl (C=O) groups excluding carboxylic acids is 1. The fourth-order valence-electron chi connectivity index (χ4n) is 5.57. The molecular formula is C30H35N9O3. The molecule has 3 heterocycles. The Balaban J connectivity index is 1.21. The monoisotopic (exact) mass is 569 g/mol. The number of hydrogen-bond acceptors (Lipinski definition) is 11. The number of β-amino-alcohol motifs (C(OH)–C–C–N with tert-alkyl or cyclic N) is 1. The van der Waals surface area contributed by atoms with E-state index >= 15 is 0 Å². The third-order valence-corrected chi connectivity index (χ3v) is 7.63. The minimum atomic E-state index is -0.438. The molecule has 12 heteroatoms. The molecule has 1 unspecified atom stereocenters. The average molecular weight is 570 g/mol. The van der Waals surface area contributed by atoms with Gasteiger partial charge in [-0.05, 0) is 55.0 Å². The Bertz CT molecular complexity index is 1570. The van der Waals surface area contributed by atoms with Crippen molar-refractivity contribution in [3.63, 3.8) is 0 Å². The van der Waals surface area contributed by atoms with E-state index in [1.54, 1.807) is 36.4 Å². The molecule has 6 rings (SSSR count). The zero-order valence-electron chi connectivity index (χ0n) is 23.1. The van der Waals surface area contributed by atoms with Crippen LogP contribution in [-0.2, 0) is 0 Å². The van der Waals surface area contributed by atoms with E-state index in [1.165, 1.54) is 0 Å². The highest BCUT2D eigenvalue weighted by molar-refractivity contribution is 6.09. The Morgan fingerprint density at radius 3 is 2.29 bits per heavy atom. The van der Waals surface area contributed by atoms with Crippen molar-refractivity contribution in [2.24, 2.45) is 11.5 Å². The Kier molecular flexibility index (Phi) is 7.74. The number of benzene rings is 3. The lowest BCUT2D eigenvalue weighted by molar-refractivity contribution is 0.102. The number of aliphatic hydroxyl groups excluding tert-OH is 1. The smallest absolute Gasteiger partial charge is 0.259 e. The Morgan fingerprint density at radius 1 is 0.857 bits per heavy atom. The minimum Gasteiger partial charge on any atom is -0.506 e. The van der Waals surface area contributed by atoms with E-state index in [4.69, 9.17) is 16.5 Å². The molecule has 12 nitrogen and oxygen atoms in total. The molecule has 0 bridgehead atoms. The van der Waals surface area contributed by atoms with Gasteiger partial charge in [-0.2, -0.15) is 15.0 Å². The van der Waals surface area contributed by atoms with Gasteiger partial charge in [0.05, 0.1) is 11.7 Å². The number of fused-ring (bicyclic) bond motifs is 1. The molecule has 4 aromatic rings. The van der Waals surface area contributed by atoms with Crippen molar-refractivity contribution in [1.29, 1.82) is 0 Å². The third kappa shape index (κ3) is 6.05. The van der Waals surface area contributed by atoms with E-state index in [2.05, 4.69) is 20.6 Å². The lowest BCUT2D eigenvalue weighted by atomic mass is 10.0. The second-order valence-corrected chi connectivity index (χ2v) is 11.0. The van der Waals surface area contributed by atoms with Crippen LogP contribution in [0.1, 0.15) is 29.6 Å². The largest absolute Gasteiger partial charge is 0.506 e. The molecule has 42 heavy (non-hydrogen) atoms. The van der Waals surface area contributed by atoms with Crippen LogP contribution in [0.4, 0.5) is 29.2 Å². The van der Waals surface area contributed by atoms with E-state index in [0.717, 1.165) is 31.2 Å². The number of piperidine rings is 2. The van der Waals surface area contributed by atoms with Gasteiger partial charge in [-0.15, -0.1) is 0 Å². The van der Waals surface area contributed by atoms with Crippen LogP contribution >= 0.6 is 0 Å². The van der Waals surface area contributed by atoms with E-state index in [1.807, 2.05) is 34.1 Å². The van der Waals surface area contributed by atoms with Crippen LogP contribution in [-0.4, -0.2) is 75.4 Å². The zero-order valence-corrected chi connectivity index (χ0v) is 23.1. The topological polar surface area (TPSA) is 179 Å². The summed E-state index contributed by atoms with van der Waals surface area (Å²) < 4.78 is 0. The van der Waals surface area contributed by atoms with Crippen molar-refractivity contribution in [2.45, 2.75) is 37.5 Å². The highest BCUT2D eigenvalue weighted by Crippen LogP contribution is 2.30. The summed E-state index contributed by atoms with van der Waals surface area (Å²) in [6.07, 6.45) is 1.89. The van der Waals surface area contributed by atoms with Crippen molar-refractivity contribution in [3.8, 4) is 5.75 Å². The number of amides is 1. The maximum atomic E-state index is 12.9. The van der Waals surface area contributed by atoms with Crippen LogP contribution in [0.3, 0.4) is 0 Å². The van der Waals surface area contributed by atoms with E-state index < -0.39 is 12.0 Å². The molecule has 2 fully saturated rings. The molecule has 1 amide bonds. The van der Waals surface area contributed by atoms with Crippen LogP contribution in [0.5, 0.6) is 5.75 Å². The summed E-state index contributed by atoms with van der Waals surface area (Å²) in [7, 11) is 0.